The van der Waals surface area contributed by atoms with Gasteiger partial charge in [0, 0.05) is 11.6 Å². The van der Waals surface area contributed by atoms with Gasteiger partial charge in [-0.05, 0) is 63.7 Å². The Morgan fingerprint density at radius 3 is 2.50 bits per heavy atom. The maximum atomic E-state index is 12.7. The number of rotatable bonds is 6. The van der Waals surface area contributed by atoms with Gasteiger partial charge < -0.3 is 16.0 Å². The normalized spacial score (nSPS) is 17.8. The third-order valence-electron chi connectivity index (χ3n) is 4.82. The predicted octanol–water partition coefficient (Wildman–Crippen LogP) is 2.01. The van der Waals surface area contributed by atoms with Crippen LogP contribution in [0, 0.1) is 12.8 Å². The monoisotopic (exact) mass is 331 g/mol. The Kier molecular flexibility index (Phi) is 6.79. The molecule has 0 saturated carbocycles. The van der Waals surface area contributed by atoms with E-state index >= 15 is 0 Å². The molecule has 1 heterocycles. The van der Waals surface area contributed by atoms with Crippen LogP contribution < -0.4 is 16.0 Å². The molecule has 0 spiro atoms. The first kappa shape index (κ1) is 18.5. The first-order valence-corrected chi connectivity index (χ1v) is 8.90. The van der Waals surface area contributed by atoms with Crippen molar-refractivity contribution in [3.63, 3.8) is 0 Å². The quantitative estimate of drug-likeness (QED) is 0.747. The SMILES string of the molecule is CCC(C)NC(=O)C(NC(=O)c1ccccc1C)C1CCNCC1. The van der Waals surface area contributed by atoms with Gasteiger partial charge >= 0.3 is 0 Å². The van der Waals surface area contributed by atoms with E-state index in [0.29, 0.717) is 5.56 Å². The maximum absolute atomic E-state index is 12.7. The van der Waals surface area contributed by atoms with Crippen molar-refractivity contribution >= 4 is 11.8 Å². The van der Waals surface area contributed by atoms with Crippen molar-refractivity contribution in [3.8, 4) is 0 Å². The molecule has 0 radical (unpaired) electrons. The summed E-state index contributed by atoms with van der Waals surface area (Å²) in [5, 5.41) is 9.33. The van der Waals surface area contributed by atoms with Gasteiger partial charge in [0.1, 0.15) is 6.04 Å². The standard InChI is InChI=1S/C19H29N3O2/c1-4-14(3)21-19(24)17(15-9-11-20-12-10-15)22-18(23)16-8-6-5-7-13(16)2/h5-8,14-15,17,20H,4,9-12H2,1-3H3,(H,21,24)(H,22,23). The fraction of sp³-hybridized carbons (Fsp3) is 0.579. The van der Waals surface area contributed by atoms with Crippen molar-refractivity contribution < 1.29 is 9.59 Å². The second kappa shape index (κ2) is 8.83. The molecule has 132 valence electrons. The van der Waals surface area contributed by atoms with Crippen molar-refractivity contribution in [1.82, 2.24) is 16.0 Å². The van der Waals surface area contributed by atoms with Crippen LogP contribution in [0.3, 0.4) is 0 Å². The van der Waals surface area contributed by atoms with Crippen molar-refractivity contribution in [2.45, 2.75) is 52.1 Å². The van der Waals surface area contributed by atoms with Crippen LogP contribution in [-0.4, -0.2) is 37.0 Å². The molecule has 24 heavy (non-hydrogen) atoms. The molecular formula is C19H29N3O2. The lowest BCUT2D eigenvalue weighted by molar-refractivity contribution is -0.125. The Morgan fingerprint density at radius 1 is 1.21 bits per heavy atom. The van der Waals surface area contributed by atoms with E-state index in [1.165, 1.54) is 0 Å². The van der Waals surface area contributed by atoms with Crippen LogP contribution in [-0.2, 0) is 4.79 Å². The van der Waals surface area contributed by atoms with Gasteiger partial charge in [-0.2, -0.15) is 0 Å². The van der Waals surface area contributed by atoms with E-state index in [-0.39, 0.29) is 23.8 Å². The van der Waals surface area contributed by atoms with E-state index in [1.807, 2.05) is 39.0 Å². The van der Waals surface area contributed by atoms with Gasteiger partial charge in [0.05, 0.1) is 0 Å². The molecule has 3 N–H and O–H groups in total. The Bertz CT molecular complexity index is 567. The molecule has 1 saturated heterocycles. The molecule has 0 aromatic heterocycles. The van der Waals surface area contributed by atoms with Crippen molar-refractivity contribution in [1.29, 1.82) is 0 Å². The fourth-order valence-corrected chi connectivity index (χ4v) is 3.06. The average Bonchev–Trinajstić information content (AvgIpc) is 2.60. The minimum Gasteiger partial charge on any atom is -0.352 e. The number of piperidine rings is 1. The maximum Gasteiger partial charge on any atom is 0.252 e. The van der Waals surface area contributed by atoms with E-state index in [9.17, 15) is 9.59 Å². The lowest BCUT2D eigenvalue weighted by Crippen LogP contribution is -2.54. The zero-order valence-corrected chi connectivity index (χ0v) is 14.9. The van der Waals surface area contributed by atoms with Crippen LogP contribution in [0.1, 0.15) is 49.0 Å². The average molecular weight is 331 g/mol. The second-order valence-corrected chi connectivity index (χ2v) is 6.67. The summed E-state index contributed by atoms with van der Waals surface area (Å²) in [5.74, 6) is -0.0719. The number of amides is 2. The summed E-state index contributed by atoms with van der Waals surface area (Å²) in [7, 11) is 0. The molecule has 0 aliphatic carbocycles. The van der Waals surface area contributed by atoms with Gasteiger partial charge in [0.2, 0.25) is 5.91 Å². The fourth-order valence-electron chi connectivity index (χ4n) is 3.06. The van der Waals surface area contributed by atoms with E-state index in [2.05, 4.69) is 16.0 Å². The van der Waals surface area contributed by atoms with E-state index in [0.717, 1.165) is 37.9 Å². The number of carbonyl (C=O) groups excluding carboxylic acids is 2. The number of hydrogen-bond donors (Lipinski definition) is 3. The lowest BCUT2D eigenvalue weighted by Gasteiger charge is -2.31. The van der Waals surface area contributed by atoms with Gasteiger partial charge in [-0.3, -0.25) is 9.59 Å². The van der Waals surface area contributed by atoms with Crippen LogP contribution in [0.4, 0.5) is 0 Å². The first-order valence-electron chi connectivity index (χ1n) is 8.90. The smallest absolute Gasteiger partial charge is 0.252 e. The molecule has 1 fully saturated rings. The molecule has 2 unspecified atom stereocenters. The molecule has 0 bridgehead atoms. The summed E-state index contributed by atoms with van der Waals surface area (Å²) in [5.41, 5.74) is 1.55. The molecule has 5 nitrogen and oxygen atoms in total. The van der Waals surface area contributed by atoms with Crippen LogP contribution in [0.25, 0.3) is 0 Å². The first-order chi connectivity index (χ1) is 11.5. The molecule has 5 heteroatoms. The third-order valence-corrected chi connectivity index (χ3v) is 4.82. The van der Waals surface area contributed by atoms with Crippen molar-refractivity contribution in [2.24, 2.45) is 5.92 Å². The van der Waals surface area contributed by atoms with Gasteiger partial charge in [-0.15, -0.1) is 0 Å². The highest BCUT2D eigenvalue weighted by atomic mass is 16.2. The molecule has 2 amide bonds. The highest BCUT2D eigenvalue weighted by molar-refractivity contribution is 5.98. The summed E-state index contributed by atoms with van der Waals surface area (Å²) < 4.78 is 0. The minimum absolute atomic E-state index is 0.0711. The lowest BCUT2D eigenvalue weighted by atomic mass is 9.89. The molecule has 2 rings (SSSR count). The van der Waals surface area contributed by atoms with E-state index < -0.39 is 6.04 Å². The van der Waals surface area contributed by atoms with Crippen molar-refractivity contribution in [3.05, 3.63) is 35.4 Å². The number of hydrogen-bond acceptors (Lipinski definition) is 3. The molecule has 1 aromatic carbocycles. The number of carbonyl (C=O) groups is 2. The zero-order valence-electron chi connectivity index (χ0n) is 14.9. The molecular weight excluding hydrogens is 302 g/mol. The Balaban J connectivity index is 2.14. The second-order valence-electron chi connectivity index (χ2n) is 6.67. The molecule has 1 aromatic rings. The third kappa shape index (κ3) is 4.81. The van der Waals surface area contributed by atoms with Gasteiger partial charge in [0.25, 0.3) is 5.91 Å². The molecule has 1 aliphatic rings. The zero-order chi connectivity index (χ0) is 17.5. The van der Waals surface area contributed by atoms with Gasteiger partial charge in [0.15, 0.2) is 0 Å². The number of nitrogens with one attached hydrogen (secondary N) is 3. The number of benzene rings is 1. The van der Waals surface area contributed by atoms with Crippen LogP contribution in [0.2, 0.25) is 0 Å². The van der Waals surface area contributed by atoms with Gasteiger partial charge in [-0.25, -0.2) is 0 Å². The van der Waals surface area contributed by atoms with Crippen LogP contribution in [0.5, 0.6) is 0 Å². The van der Waals surface area contributed by atoms with E-state index in [4.69, 9.17) is 0 Å². The summed E-state index contributed by atoms with van der Waals surface area (Å²) >= 11 is 0. The Hall–Kier alpha value is -1.88. The Morgan fingerprint density at radius 2 is 1.88 bits per heavy atom. The topological polar surface area (TPSA) is 70.2 Å². The highest BCUT2D eigenvalue weighted by Gasteiger charge is 2.31. The molecule has 2 atom stereocenters. The summed E-state index contributed by atoms with van der Waals surface area (Å²) in [4.78, 5) is 25.4. The van der Waals surface area contributed by atoms with Gasteiger partial charge in [-0.1, -0.05) is 25.1 Å². The summed E-state index contributed by atoms with van der Waals surface area (Å²) in [6.07, 6.45) is 2.66. The van der Waals surface area contributed by atoms with Crippen molar-refractivity contribution in [2.75, 3.05) is 13.1 Å². The number of aryl methyl sites for hydroxylation is 1. The largest absolute Gasteiger partial charge is 0.352 e. The highest BCUT2D eigenvalue weighted by Crippen LogP contribution is 2.18. The van der Waals surface area contributed by atoms with Crippen LogP contribution >= 0.6 is 0 Å². The summed E-state index contributed by atoms with van der Waals surface area (Å²) in [6, 6.07) is 7.10. The Labute approximate surface area is 144 Å². The van der Waals surface area contributed by atoms with E-state index in [1.54, 1.807) is 6.07 Å². The minimum atomic E-state index is -0.479. The summed E-state index contributed by atoms with van der Waals surface area (Å²) in [6.45, 7) is 7.71. The molecule has 1 aliphatic heterocycles. The predicted molar refractivity (Wildman–Crippen MR) is 95.9 cm³/mol. The van der Waals surface area contributed by atoms with Crippen LogP contribution in [0.15, 0.2) is 24.3 Å².